The summed E-state index contributed by atoms with van der Waals surface area (Å²) in [6.07, 6.45) is 2.12. The molecule has 2 rings (SSSR count). The van der Waals surface area contributed by atoms with Crippen molar-refractivity contribution >= 4 is 21.6 Å². The second-order valence-electron chi connectivity index (χ2n) is 3.99. The molecule has 0 spiro atoms. The fourth-order valence-electron chi connectivity index (χ4n) is 1.87. The second-order valence-corrected chi connectivity index (χ2v) is 6.26. The van der Waals surface area contributed by atoms with Crippen LogP contribution in [0, 0.1) is 5.92 Å². The average molecular weight is 277 g/mol. The van der Waals surface area contributed by atoms with E-state index in [1.807, 2.05) is 0 Å². The van der Waals surface area contributed by atoms with E-state index in [2.05, 4.69) is 4.98 Å². The summed E-state index contributed by atoms with van der Waals surface area (Å²) in [4.78, 5) is 3.79. The van der Waals surface area contributed by atoms with Crippen molar-refractivity contribution in [3.8, 4) is 0 Å². The Labute approximate surface area is 105 Å². The number of pyridine rings is 1. The van der Waals surface area contributed by atoms with Crippen molar-refractivity contribution in [2.45, 2.75) is 11.3 Å². The Hall–Kier alpha value is -0.690. The molecule has 1 saturated heterocycles. The molecule has 2 heterocycles. The molecular weight excluding hydrogens is 264 g/mol. The predicted octanol–water partition coefficient (Wildman–Crippen LogP) is 0.738. The van der Waals surface area contributed by atoms with Crippen molar-refractivity contribution in [1.29, 1.82) is 0 Å². The number of aliphatic hydroxyl groups excluding tert-OH is 1. The van der Waals surface area contributed by atoms with Crippen LogP contribution < -0.4 is 0 Å². The fraction of sp³-hybridized carbons (Fsp3) is 0.500. The number of aromatic nitrogens is 1. The van der Waals surface area contributed by atoms with Gasteiger partial charge in [-0.15, -0.1) is 0 Å². The molecule has 1 N–H and O–H groups in total. The lowest BCUT2D eigenvalue weighted by molar-refractivity contribution is 0.233. The van der Waals surface area contributed by atoms with Gasteiger partial charge in [-0.25, -0.2) is 13.4 Å². The highest BCUT2D eigenvalue weighted by Crippen LogP contribution is 2.27. The molecular formula is C10H13ClN2O3S. The van der Waals surface area contributed by atoms with Crippen LogP contribution in [0.3, 0.4) is 0 Å². The molecule has 0 amide bonds. The highest BCUT2D eigenvalue weighted by atomic mass is 35.5. The lowest BCUT2D eigenvalue weighted by Crippen LogP contribution is -2.29. The summed E-state index contributed by atoms with van der Waals surface area (Å²) in [5, 5.41) is 9.00. The van der Waals surface area contributed by atoms with E-state index in [4.69, 9.17) is 16.7 Å². The first-order valence-electron chi connectivity index (χ1n) is 5.27. The molecule has 0 radical (unpaired) electrons. The van der Waals surface area contributed by atoms with E-state index >= 15 is 0 Å². The average Bonchev–Trinajstić information content (AvgIpc) is 2.78. The standard InChI is InChI=1S/C10H13ClN2O3S/c11-10-9(2-1-4-12-10)17(15,16)13-5-3-8(6-13)7-14/h1-2,4,8,14H,3,5-7H2. The normalized spacial score (nSPS) is 21.9. The van der Waals surface area contributed by atoms with Gasteiger partial charge in [-0.05, 0) is 24.5 Å². The third-order valence-corrected chi connectivity index (χ3v) is 5.16. The number of nitrogens with zero attached hydrogens (tertiary/aromatic N) is 2. The highest BCUT2D eigenvalue weighted by Gasteiger charge is 2.33. The van der Waals surface area contributed by atoms with Gasteiger partial charge in [-0.3, -0.25) is 0 Å². The van der Waals surface area contributed by atoms with E-state index < -0.39 is 10.0 Å². The third-order valence-electron chi connectivity index (χ3n) is 2.85. The van der Waals surface area contributed by atoms with E-state index in [-0.39, 0.29) is 22.6 Å². The van der Waals surface area contributed by atoms with E-state index in [1.165, 1.54) is 16.6 Å². The molecule has 1 aliphatic rings. The minimum absolute atomic E-state index is 0.00674. The van der Waals surface area contributed by atoms with Crippen LogP contribution in [0.15, 0.2) is 23.2 Å². The van der Waals surface area contributed by atoms with Gasteiger partial charge in [0.1, 0.15) is 10.0 Å². The van der Waals surface area contributed by atoms with Crippen molar-refractivity contribution in [3.05, 3.63) is 23.5 Å². The van der Waals surface area contributed by atoms with Crippen molar-refractivity contribution < 1.29 is 13.5 Å². The number of hydrogen-bond acceptors (Lipinski definition) is 4. The Morgan fingerprint density at radius 1 is 1.59 bits per heavy atom. The number of aliphatic hydroxyl groups is 1. The molecule has 1 unspecified atom stereocenters. The summed E-state index contributed by atoms with van der Waals surface area (Å²) in [6, 6.07) is 2.98. The number of halogens is 1. The molecule has 1 atom stereocenters. The molecule has 1 aromatic heterocycles. The SMILES string of the molecule is O=S(=O)(c1cccnc1Cl)N1CCC(CO)C1. The van der Waals surface area contributed by atoms with Crippen LogP contribution in [0.25, 0.3) is 0 Å². The van der Waals surface area contributed by atoms with Gasteiger partial charge in [0, 0.05) is 25.9 Å². The van der Waals surface area contributed by atoms with Gasteiger partial charge in [0.25, 0.3) is 0 Å². The minimum atomic E-state index is -3.58. The summed E-state index contributed by atoms with van der Waals surface area (Å²) in [5.41, 5.74) is 0. The molecule has 1 fully saturated rings. The van der Waals surface area contributed by atoms with Gasteiger partial charge in [0.2, 0.25) is 10.0 Å². The number of hydrogen-bond donors (Lipinski definition) is 1. The van der Waals surface area contributed by atoms with Gasteiger partial charge in [0.15, 0.2) is 0 Å². The maximum atomic E-state index is 12.2. The molecule has 1 aliphatic heterocycles. The fourth-order valence-corrected chi connectivity index (χ4v) is 3.83. The first-order chi connectivity index (χ1) is 8.05. The van der Waals surface area contributed by atoms with Crippen molar-refractivity contribution in [1.82, 2.24) is 9.29 Å². The number of rotatable bonds is 3. The molecule has 5 nitrogen and oxygen atoms in total. The zero-order chi connectivity index (χ0) is 12.5. The lowest BCUT2D eigenvalue weighted by atomic mass is 10.1. The molecule has 17 heavy (non-hydrogen) atoms. The third kappa shape index (κ3) is 2.44. The van der Waals surface area contributed by atoms with Crippen LogP contribution in [0.1, 0.15) is 6.42 Å². The summed E-state index contributed by atoms with van der Waals surface area (Å²) >= 11 is 5.79. The van der Waals surface area contributed by atoms with Crippen LogP contribution in [-0.4, -0.2) is 42.5 Å². The smallest absolute Gasteiger partial charge is 0.246 e. The molecule has 1 aromatic rings. The van der Waals surface area contributed by atoms with Crippen LogP contribution in [0.5, 0.6) is 0 Å². The van der Waals surface area contributed by atoms with Crippen molar-refractivity contribution in [3.63, 3.8) is 0 Å². The Morgan fingerprint density at radius 3 is 2.94 bits per heavy atom. The summed E-state index contributed by atoms with van der Waals surface area (Å²) < 4.78 is 25.8. The molecule has 0 aliphatic carbocycles. The Morgan fingerprint density at radius 2 is 2.35 bits per heavy atom. The molecule has 7 heteroatoms. The second kappa shape index (κ2) is 4.89. The van der Waals surface area contributed by atoms with Gasteiger partial charge in [-0.2, -0.15) is 4.31 Å². The summed E-state index contributed by atoms with van der Waals surface area (Å²) in [7, 11) is -3.58. The van der Waals surface area contributed by atoms with E-state index in [1.54, 1.807) is 6.07 Å². The maximum absolute atomic E-state index is 12.2. The maximum Gasteiger partial charge on any atom is 0.246 e. The topological polar surface area (TPSA) is 70.5 Å². The monoisotopic (exact) mass is 276 g/mol. The molecule has 0 saturated carbocycles. The minimum Gasteiger partial charge on any atom is -0.396 e. The first-order valence-corrected chi connectivity index (χ1v) is 7.09. The Bertz CT molecular complexity index is 506. The summed E-state index contributed by atoms with van der Waals surface area (Å²) in [5.74, 6) is 0.0141. The highest BCUT2D eigenvalue weighted by molar-refractivity contribution is 7.89. The lowest BCUT2D eigenvalue weighted by Gasteiger charge is -2.16. The largest absolute Gasteiger partial charge is 0.396 e. The van der Waals surface area contributed by atoms with Crippen LogP contribution in [0.4, 0.5) is 0 Å². The van der Waals surface area contributed by atoms with Crippen LogP contribution in [-0.2, 0) is 10.0 Å². The van der Waals surface area contributed by atoms with Gasteiger partial charge in [-0.1, -0.05) is 11.6 Å². The predicted molar refractivity (Wildman–Crippen MR) is 63.2 cm³/mol. The quantitative estimate of drug-likeness (QED) is 0.827. The molecule has 94 valence electrons. The number of sulfonamides is 1. The zero-order valence-electron chi connectivity index (χ0n) is 9.08. The summed E-state index contributed by atoms with van der Waals surface area (Å²) in [6.45, 7) is 0.760. The van der Waals surface area contributed by atoms with Crippen LogP contribution in [0.2, 0.25) is 5.15 Å². The molecule has 0 aromatic carbocycles. The first kappa shape index (κ1) is 12.8. The van der Waals surface area contributed by atoms with E-state index in [9.17, 15) is 8.42 Å². The van der Waals surface area contributed by atoms with E-state index in [0.717, 1.165) is 0 Å². The molecule has 0 bridgehead atoms. The van der Waals surface area contributed by atoms with Gasteiger partial charge >= 0.3 is 0 Å². The van der Waals surface area contributed by atoms with Crippen LogP contribution >= 0.6 is 11.6 Å². The van der Waals surface area contributed by atoms with E-state index in [0.29, 0.717) is 19.5 Å². The Balaban J connectivity index is 2.29. The van der Waals surface area contributed by atoms with Crippen molar-refractivity contribution in [2.75, 3.05) is 19.7 Å². The van der Waals surface area contributed by atoms with Gasteiger partial charge in [0.05, 0.1) is 0 Å². The Kier molecular flexibility index (Phi) is 3.67. The zero-order valence-corrected chi connectivity index (χ0v) is 10.7. The van der Waals surface area contributed by atoms with Gasteiger partial charge < -0.3 is 5.11 Å². The van der Waals surface area contributed by atoms with Crippen molar-refractivity contribution in [2.24, 2.45) is 5.92 Å².